The number of para-hydroxylation sites is 3. The Morgan fingerprint density at radius 1 is 1.00 bits per heavy atom. The van der Waals surface area contributed by atoms with Crippen LogP contribution in [-0.4, -0.2) is 18.0 Å². The van der Waals surface area contributed by atoms with Gasteiger partial charge in [-0.2, -0.15) is 0 Å². The highest BCUT2D eigenvalue weighted by Crippen LogP contribution is 2.27. The molecule has 126 valence electrons. The van der Waals surface area contributed by atoms with Gasteiger partial charge in [0.2, 0.25) is 0 Å². The predicted molar refractivity (Wildman–Crippen MR) is 103 cm³/mol. The van der Waals surface area contributed by atoms with Crippen LogP contribution in [0.2, 0.25) is 0 Å². The van der Waals surface area contributed by atoms with Gasteiger partial charge in [0.05, 0.1) is 30.4 Å². The Kier molecular flexibility index (Phi) is 5.30. The molecule has 0 atom stereocenters. The van der Waals surface area contributed by atoms with Crippen LogP contribution in [-0.2, 0) is 0 Å². The van der Waals surface area contributed by atoms with E-state index in [4.69, 9.17) is 4.74 Å². The fraction of sp³-hybridized carbons (Fsp3) is 0.0526. The second-order valence-corrected chi connectivity index (χ2v) is 6.05. The summed E-state index contributed by atoms with van der Waals surface area (Å²) in [6.45, 7) is 0. The molecule has 0 saturated carbocycles. The number of carbonyl (C=O) groups excluding carboxylic acids is 1. The van der Waals surface area contributed by atoms with E-state index < -0.39 is 0 Å². The number of halogens is 1. The zero-order valence-corrected chi connectivity index (χ0v) is 15.1. The van der Waals surface area contributed by atoms with Gasteiger partial charge in [-0.25, -0.2) is 4.98 Å². The molecule has 5 nitrogen and oxygen atoms in total. The molecule has 0 unspecified atom stereocenters. The van der Waals surface area contributed by atoms with E-state index in [1.807, 2.05) is 48.5 Å². The molecule has 0 aliphatic rings. The molecule has 1 aromatic heterocycles. The first-order valence-corrected chi connectivity index (χ1v) is 8.38. The monoisotopic (exact) mass is 397 g/mol. The summed E-state index contributed by atoms with van der Waals surface area (Å²) in [5.74, 6) is 0.467. The number of anilines is 3. The van der Waals surface area contributed by atoms with Crippen LogP contribution in [0.4, 0.5) is 17.1 Å². The summed E-state index contributed by atoms with van der Waals surface area (Å²) in [5.41, 5.74) is 2.63. The highest BCUT2D eigenvalue weighted by atomic mass is 79.9. The lowest BCUT2D eigenvalue weighted by Gasteiger charge is -2.11. The van der Waals surface area contributed by atoms with Crippen LogP contribution in [0.25, 0.3) is 0 Å². The summed E-state index contributed by atoms with van der Waals surface area (Å²) in [6, 6.07) is 18.5. The lowest BCUT2D eigenvalue weighted by molar-refractivity contribution is 0.102. The van der Waals surface area contributed by atoms with E-state index in [-0.39, 0.29) is 5.91 Å². The molecule has 0 spiro atoms. The average Bonchev–Trinajstić information content (AvgIpc) is 2.64. The van der Waals surface area contributed by atoms with Gasteiger partial charge in [0.15, 0.2) is 0 Å². The number of nitrogens with zero attached hydrogens (tertiary/aromatic N) is 1. The number of rotatable bonds is 5. The number of carbonyl (C=O) groups is 1. The quantitative estimate of drug-likeness (QED) is 0.645. The lowest BCUT2D eigenvalue weighted by atomic mass is 10.2. The summed E-state index contributed by atoms with van der Waals surface area (Å²) in [6.07, 6.45) is 1.61. The minimum absolute atomic E-state index is 0.268. The van der Waals surface area contributed by atoms with Gasteiger partial charge >= 0.3 is 0 Å². The fourth-order valence-corrected chi connectivity index (χ4v) is 2.64. The minimum Gasteiger partial charge on any atom is -0.495 e. The van der Waals surface area contributed by atoms with Crippen molar-refractivity contribution in [3.05, 3.63) is 77.0 Å². The number of aromatic nitrogens is 1. The van der Waals surface area contributed by atoms with Crippen LogP contribution in [0.15, 0.2) is 71.3 Å². The first-order valence-electron chi connectivity index (χ1n) is 7.59. The molecule has 3 aromatic rings. The van der Waals surface area contributed by atoms with Gasteiger partial charge < -0.3 is 15.4 Å². The highest BCUT2D eigenvalue weighted by molar-refractivity contribution is 9.10. The van der Waals surface area contributed by atoms with Gasteiger partial charge in [-0.1, -0.05) is 24.3 Å². The predicted octanol–water partition coefficient (Wildman–Crippen LogP) is 4.85. The van der Waals surface area contributed by atoms with Crippen molar-refractivity contribution in [3.63, 3.8) is 0 Å². The summed E-state index contributed by atoms with van der Waals surface area (Å²) >= 11 is 3.40. The first-order chi connectivity index (χ1) is 12.2. The third kappa shape index (κ3) is 4.16. The molecule has 0 aliphatic carbocycles. The Bertz CT molecular complexity index is 882. The molecule has 2 N–H and O–H groups in total. The number of benzene rings is 2. The number of ether oxygens (including phenoxy) is 1. The zero-order valence-electron chi connectivity index (χ0n) is 13.5. The summed E-state index contributed by atoms with van der Waals surface area (Å²) in [4.78, 5) is 16.5. The third-order valence-corrected chi connectivity index (χ3v) is 4.20. The van der Waals surface area contributed by atoms with Crippen LogP contribution in [0.3, 0.4) is 0 Å². The molecule has 6 heteroatoms. The summed E-state index contributed by atoms with van der Waals surface area (Å²) < 4.78 is 6.12. The molecule has 1 amide bonds. The molecule has 0 saturated heterocycles. The van der Waals surface area contributed by atoms with E-state index in [2.05, 4.69) is 31.5 Å². The van der Waals surface area contributed by atoms with Crippen LogP contribution in [0.5, 0.6) is 5.75 Å². The van der Waals surface area contributed by atoms with E-state index >= 15 is 0 Å². The normalized spacial score (nSPS) is 10.2. The van der Waals surface area contributed by atoms with Gasteiger partial charge in [0.1, 0.15) is 11.4 Å². The van der Waals surface area contributed by atoms with Gasteiger partial charge in [0.25, 0.3) is 5.91 Å². The van der Waals surface area contributed by atoms with Gasteiger partial charge in [0, 0.05) is 4.47 Å². The SMILES string of the molecule is COc1ccccc1Nc1ccc(C(=O)Nc2ccccc2Br)nc1. The maximum absolute atomic E-state index is 12.3. The summed E-state index contributed by atoms with van der Waals surface area (Å²) in [7, 11) is 1.62. The molecular formula is C19H16BrN3O2. The van der Waals surface area contributed by atoms with Crippen LogP contribution in [0, 0.1) is 0 Å². The number of pyridine rings is 1. The maximum Gasteiger partial charge on any atom is 0.274 e. The van der Waals surface area contributed by atoms with Crippen LogP contribution >= 0.6 is 15.9 Å². The zero-order chi connectivity index (χ0) is 17.6. The van der Waals surface area contributed by atoms with E-state index in [1.54, 1.807) is 25.4 Å². The number of amides is 1. The maximum atomic E-state index is 12.3. The number of methoxy groups -OCH3 is 1. The smallest absolute Gasteiger partial charge is 0.274 e. The molecule has 3 rings (SSSR count). The van der Waals surface area contributed by atoms with Crippen molar-refractivity contribution in [2.75, 3.05) is 17.7 Å². The standard InChI is InChI=1S/C19H16BrN3O2/c1-25-18-9-5-4-8-16(18)22-13-10-11-17(21-12-13)19(24)23-15-7-3-2-6-14(15)20/h2-12,22H,1H3,(H,23,24). The van der Waals surface area contributed by atoms with Crippen molar-refractivity contribution in [1.29, 1.82) is 0 Å². The Morgan fingerprint density at radius 2 is 1.72 bits per heavy atom. The molecule has 0 aliphatic heterocycles. The van der Waals surface area contributed by atoms with Gasteiger partial charge in [-0.05, 0) is 52.3 Å². The average molecular weight is 398 g/mol. The topological polar surface area (TPSA) is 63.2 Å². The van der Waals surface area contributed by atoms with Crippen LogP contribution < -0.4 is 15.4 Å². The summed E-state index contributed by atoms with van der Waals surface area (Å²) in [5, 5.41) is 6.05. The largest absolute Gasteiger partial charge is 0.495 e. The second kappa shape index (κ2) is 7.81. The molecule has 0 bridgehead atoms. The Morgan fingerprint density at radius 3 is 2.40 bits per heavy atom. The Balaban J connectivity index is 1.72. The van der Waals surface area contributed by atoms with E-state index in [0.29, 0.717) is 11.4 Å². The molecule has 2 aromatic carbocycles. The van der Waals surface area contributed by atoms with E-state index in [1.165, 1.54) is 0 Å². The number of nitrogens with one attached hydrogen (secondary N) is 2. The van der Waals surface area contributed by atoms with Crippen molar-refractivity contribution < 1.29 is 9.53 Å². The third-order valence-electron chi connectivity index (χ3n) is 3.50. The van der Waals surface area contributed by atoms with Crippen molar-refractivity contribution in [3.8, 4) is 5.75 Å². The van der Waals surface area contributed by atoms with Crippen molar-refractivity contribution >= 4 is 38.9 Å². The van der Waals surface area contributed by atoms with Crippen molar-refractivity contribution in [2.24, 2.45) is 0 Å². The van der Waals surface area contributed by atoms with Crippen LogP contribution in [0.1, 0.15) is 10.5 Å². The van der Waals surface area contributed by atoms with Gasteiger partial charge in [-0.15, -0.1) is 0 Å². The van der Waals surface area contributed by atoms with E-state index in [9.17, 15) is 4.79 Å². The lowest BCUT2D eigenvalue weighted by Crippen LogP contribution is -2.13. The van der Waals surface area contributed by atoms with Gasteiger partial charge in [-0.3, -0.25) is 4.79 Å². The second-order valence-electron chi connectivity index (χ2n) is 5.19. The first kappa shape index (κ1) is 17.0. The Labute approximate surface area is 154 Å². The fourth-order valence-electron chi connectivity index (χ4n) is 2.25. The molecule has 1 heterocycles. The molecule has 25 heavy (non-hydrogen) atoms. The molecule has 0 fully saturated rings. The van der Waals surface area contributed by atoms with Crippen molar-refractivity contribution in [2.45, 2.75) is 0 Å². The van der Waals surface area contributed by atoms with Crippen molar-refractivity contribution in [1.82, 2.24) is 4.98 Å². The van der Waals surface area contributed by atoms with E-state index in [0.717, 1.165) is 21.6 Å². The minimum atomic E-state index is -0.268. The Hall–Kier alpha value is -2.86. The molecular weight excluding hydrogens is 382 g/mol. The number of hydrogen-bond acceptors (Lipinski definition) is 4. The number of hydrogen-bond donors (Lipinski definition) is 2. The molecule has 0 radical (unpaired) electrons. The highest BCUT2D eigenvalue weighted by Gasteiger charge is 2.10.